The van der Waals surface area contributed by atoms with Gasteiger partial charge in [0.05, 0.1) is 0 Å². The molecular weight excluding hydrogens is 394 g/mol. The first-order chi connectivity index (χ1) is 15.7. The van der Waals surface area contributed by atoms with Crippen molar-refractivity contribution < 1.29 is 5.11 Å². The van der Waals surface area contributed by atoms with E-state index in [4.69, 9.17) is 10.8 Å². The standard InChI is InChI=1S/C14H19N.C13H18N2.CH4O/c1-11-4-5-13-10-15(14-6-7-14)8-2-3-12(13)9-11;14-12-4-3-11-9-15(13-5-6-13)7-1-2-10(11)8-12;1-2/h4-5,9,14H,2-3,6-8,10H2,1H3;3-4,8,13H,1-2,5-7,9,14H2;2H,1H3. The minimum absolute atomic E-state index is 0.883. The molecule has 0 aromatic heterocycles. The van der Waals surface area contributed by atoms with Crippen LogP contribution in [0.4, 0.5) is 5.69 Å². The molecule has 4 heteroatoms. The first kappa shape index (κ1) is 23.3. The summed E-state index contributed by atoms with van der Waals surface area (Å²) in [5, 5.41) is 7.00. The Morgan fingerprint density at radius 1 is 0.719 bits per heavy atom. The highest BCUT2D eigenvalue weighted by Gasteiger charge is 2.30. The molecule has 6 rings (SSSR count). The normalized spacial score (nSPS) is 21.0. The first-order valence-electron chi connectivity index (χ1n) is 12.5. The number of benzene rings is 2. The molecule has 2 aliphatic heterocycles. The quantitative estimate of drug-likeness (QED) is 0.672. The third kappa shape index (κ3) is 6.12. The van der Waals surface area contributed by atoms with Gasteiger partial charge in [-0.1, -0.05) is 29.8 Å². The molecule has 3 N–H and O–H groups in total. The summed E-state index contributed by atoms with van der Waals surface area (Å²) in [5.41, 5.74) is 14.3. The van der Waals surface area contributed by atoms with Crippen LogP contribution in [-0.4, -0.2) is 47.2 Å². The maximum atomic E-state index is 7.00. The fourth-order valence-corrected chi connectivity index (χ4v) is 5.22. The van der Waals surface area contributed by atoms with E-state index in [1.807, 2.05) is 6.07 Å². The Hall–Kier alpha value is -1.88. The van der Waals surface area contributed by atoms with E-state index in [0.29, 0.717) is 0 Å². The molecule has 0 atom stereocenters. The molecular formula is C28H41N3O. The lowest BCUT2D eigenvalue weighted by Gasteiger charge is -2.19. The van der Waals surface area contributed by atoms with Crippen molar-refractivity contribution >= 4 is 5.69 Å². The summed E-state index contributed by atoms with van der Waals surface area (Å²) >= 11 is 0. The van der Waals surface area contributed by atoms with Gasteiger partial charge in [0.2, 0.25) is 0 Å². The molecule has 0 saturated heterocycles. The minimum atomic E-state index is 0.883. The maximum Gasteiger partial charge on any atom is 0.0319 e. The highest BCUT2D eigenvalue weighted by atomic mass is 16.2. The number of nitrogen functional groups attached to an aromatic ring is 1. The molecule has 0 bridgehead atoms. The lowest BCUT2D eigenvalue weighted by Crippen LogP contribution is -2.25. The van der Waals surface area contributed by atoms with Crippen LogP contribution in [0.25, 0.3) is 0 Å². The van der Waals surface area contributed by atoms with E-state index in [-0.39, 0.29) is 0 Å². The number of aliphatic hydroxyl groups is 1. The summed E-state index contributed by atoms with van der Waals surface area (Å²) in [6, 6.07) is 15.2. The second kappa shape index (κ2) is 10.8. The summed E-state index contributed by atoms with van der Waals surface area (Å²) in [6.07, 6.45) is 10.8. The molecule has 4 aliphatic rings. The number of rotatable bonds is 2. The van der Waals surface area contributed by atoms with Crippen molar-refractivity contribution in [3.63, 3.8) is 0 Å². The summed E-state index contributed by atoms with van der Waals surface area (Å²) in [7, 11) is 1.00. The van der Waals surface area contributed by atoms with Crippen LogP contribution in [0, 0.1) is 6.92 Å². The first-order valence-corrected chi connectivity index (χ1v) is 12.5. The predicted molar refractivity (Wildman–Crippen MR) is 134 cm³/mol. The van der Waals surface area contributed by atoms with E-state index in [9.17, 15) is 0 Å². The number of hydrogen-bond acceptors (Lipinski definition) is 4. The third-order valence-corrected chi connectivity index (χ3v) is 7.25. The van der Waals surface area contributed by atoms with Gasteiger partial charge in [-0.3, -0.25) is 9.80 Å². The number of nitrogens with zero attached hydrogens (tertiary/aromatic N) is 2. The van der Waals surface area contributed by atoms with E-state index in [0.717, 1.165) is 31.4 Å². The molecule has 2 aromatic carbocycles. The molecule has 0 unspecified atom stereocenters. The van der Waals surface area contributed by atoms with Gasteiger partial charge in [0.25, 0.3) is 0 Å². The zero-order valence-corrected chi connectivity index (χ0v) is 20.0. The number of aliphatic hydroxyl groups excluding tert-OH is 1. The Balaban J connectivity index is 0.000000142. The molecule has 2 aromatic rings. The molecule has 0 radical (unpaired) electrons. The van der Waals surface area contributed by atoms with Crippen molar-refractivity contribution in [3.05, 3.63) is 64.2 Å². The molecule has 32 heavy (non-hydrogen) atoms. The van der Waals surface area contributed by atoms with E-state index < -0.39 is 0 Å². The molecule has 0 amide bonds. The van der Waals surface area contributed by atoms with Crippen molar-refractivity contribution in [2.45, 2.75) is 83.5 Å². The number of anilines is 1. The number of hydrogen-bond donors (Lipinski definition) is 2. The van der Waals surface area contributed by atoms with Crippen molar-refractivity contribution in [2.24, 2.45) is 0 Å². The summed E-state index contributed by atoms with van der Waals surface area (Å²) in [5.74, 6) is 0. The Labute approximate surface area is 194 Å². The van der Waals surface area contributed by atoms with Crippen LogP contribution >= 0.6 is 0 Å². The van der Waals surface area contributed by atoms with Crippen LogP contribution in [-0.2, 0) is 25.9 Å². The molecule has 2 fully saturated rings. The van der Waals surface area contributed by atoms with E-state index in [1.54, 1.807) is 11.1 Å². The van der Waals surface area contributed by atoms with E-state index in [2.05, 4.69) is 47.1 Å². The summed E-state index contributed by atoms with van der Waals surface area (Å²) in [4.78, 5) is 5.32. The monoisotopic (exact) mass is 435 g/mol. The number of aryl methyl sites for hydroxylation is 3. The van der Waals surface area contributed by atoms with Crippen LogP contribution in [0.15, 0.2) is 36.4 Å². The van der Waals surface area contributed by atoms with Gasteiger partial charge in [0.1, 0.15) is 0 Å². The largest absolute Gasteiger partial charge is 0.400 e. The second-order valence-electron chi connectivity index (χ2n) is 9.91. The second-order valence-corrected chi connectivity index (χ2v) is 9.91. The van der Waals surface area contributed by atoms with Gasteiger partial charge in [-0.15, -0.1) is 0 Å². The molecule has 2 saturated carbocycles. The van der Waals surface area contributed by atoms with Crippen LogP contribution in [0.1, 0.15) is 66.3 Å². The minimum Gasteiger partial charge on any atom is -0.400 e. The van der Waals surface area contributed by atoms with Crippen molar-refractivity contribution in [2.75, 3.05) is 25.9 Å². The lowest BCUT2D eigenvalue weighted by atomic mass is 10.0. The van der Waals surface area contributed by atoms with E-state index >= 15 is 0 Å². The molecule has 2 aliphatic carbocycles. The Bertz CT molecular complexity index is 815. The van der Waals surface area contributed by atoms with Crippen LogP contribution < -0.4 is 5.73 Å². The van der Waals surface area contributed by atoms with Crippen molar-refractivity contribution in [1.82, 2.24) is 9.80 Å². The fraction of sp³-hybridized carbons (Fsp3) is 0.571. The average Bonchev–Trinajstić information content (AvgIpc) is 3.68. The van der Waals surface area contributed by atoms with Gasteiger partial charge < -0.3 is 10.8 Å². The SMILES string of the molecule is CO.Cc1ccc2c(c1)CCCN(C1CC1)C2.Nc1ccc2c(c1)CCCN(C1CC1)C2. The van der Waals surface area contributed by atoms with Gasteiger partial charge in [-0.2, -0.15) is 0 Å². The highest BCUT2D eigenvalue weighted by molar-refractivity contribution is 5.45. The Morgan fingerprint density at radius 2 is 1.22 bits per heavy atom. The topological polar surface area (TPSA) is 52.7 Å². The average molecular weight is 436 g/mol. The third-order valence-electron chi connectivity index (χ3n) is 7.25. The number of fused-ring (bicyclic) bond motifs is 2. The molecule has 2 heterocycles. The summed E-state index contributed by atoms with van der Waals surface area (Å²) < 4.78 is 0. The van der Waals surface area contributed by atoms with Gasteiger partial charge >= 0.3 is 0 Å². The zero-order valence-electron chi connectivity index (χ0n) is 20.0. The smallest absolute Gasteiger partial charge is 0.0319 e. The van der Waals surface area contributed by atoms with Gasteiger partial charge in [-0.05, 0) is 106 Å². The Morgan fingerprint density at radius 3 is 1.75 bits per heavy atom. The summed E-state index contributed by atoms with van der Waals surface area (Å²) in [6.45, 7) is 7.10. The zero-order chi connectivity index (χ0) is 22.5. The van der Waals surface area contributed by atoms with Crippen molar-refractivity contribution in [3.8, 4) is 0 Å². The highest BCUT2D eigenvalue weighted by Crippen LogP contribution is 2.32. The van der Waals surface area contributed by atoms with Crippen LogP contribution in [0.3, 0.4) is 0 Å². The molecule has 4 nitrogen and oxygen atoms in total. The van der Waals surface area contributed by atoms with Crippen molar-refractivity contribution in [1.29, 1.82) is 0 Å². The number of nitrogens with two attached hydrogens (primary N) is 1. The molecule has 174 valence electrons. The maximum absolute atomic E-state index is 7.00. The molecule has 0 spiro atoms. The van der Waals surface area contributed by atoms with E-state index in [1.165, 1.54) is 87.7 Å². The van der Waals surface area contributed by atoms with Gasteiger partial charge in [-0.25, -0.2) is 0 Å². The lowest BCUT2D eigenvalue weighted by molar-refractivity contribution is 0.259. The van der Waals surface area contributed by atoms with Crippen LogP contribution in [0.5, 0.6) is 0 Å². The van der Waals surface area contributed by atoms with Gasteiger partial charge in [0.15, 0.2) is 0 Å². The van der Waals surface area contributed by atoms with Crippen LogP contribution in [0.2, 0.25) is 0 Å². The Kier molecular flexibility index (Phi) is 7.88. The predicted octanol–water partition coefficient (Wildman–Crippen LogP) is 4.69. The fourth-order valence-electron chi connectivity index (χ4n) is 5.22. The van der Waals surface area contributed by atoms with Gasteiger partial charge in [0, 0.05) is 38.0 Å².